The minimum Gasteiger partial charge on any atom is -0.380 e. The van der Waals surface area contributed by atoms with E-state index in [4.69, 9.17) is 10.5 Å². The third kappa shape index (κ3) is 6.36. The van der Waals surface area contributed by atoms with Crippen molar-refractivity contribution in [2.75, 3.05) is 19.8 Å². The molecule has 2 unspecified atom stereocenters. The van der Waals surface area contributed by atoms with E-state index in [2.05, 4.69) is 12.2 Å². The van der Waals surface area contributed by atoms with Gasteiger partial charge in [0.25, 0.3) is 0 Å². The van der Waals surface area contributed by atoms with Crippen LogP contribution in [0, 0.1) is 5.92 Å². The summed E-state index contributed by atoms with van der Waals surface area (Å²) in [5.41, 5.74) is 6.03. The lowest BCUT2D eigenvalue weighted by Crippen LogP contribution is -2.37. The summed E-state index contributed by atoms with van der Waals surface area (Å²) < 4.78 is 5.40. The molecule has 2 atom stereocenters. The maximum Gasteiger partial charge on any atom is 0.220 e. The van der Waals surface area contributed by atoms with Gasteiger partial charge in [-0.05, 0) is 25.2 Å². The fourth-order valence-electron chi connectivity index (χ4n) is 2.41. The van der Waals surface area contributed by atoms with E-state index in [1.165, 1.54) is 12.8 Å². The summed E-state index contributed by atoms with van der Waals surface area (Å²) in [5.74, 6) is 0.496. The van der Waals surface area contributed by atoms with E-state index >= 15 is 0 Å². The quantitative estimate of drug-likeness (QED) is 0.651. The van der Waals surface area contributed by atoms with Gasteiger partial charge in [0.1, 0.15) is 0 Å². The molecule has 3 N–H and O–H groups in total. The highest BCUT2D eigenvalue weighted by molar-refractivity contribution is 5.76. The van der Waals surface area contributed by atoms with Crippen LogP contribution in [0.2, 0.25) is 0 Å². The van der Waals surface area contributed by atoms with Crippen LogP contribution < -0.4 is 11.1 Å². The number of nitrogens with one attached hydrogen (secondary N) is 1. The number of carbonyl (C=O) groups is 1. The maximum atomic E-state index is 11.7. The van der Waals surface area contributed by atoms with Crippen LogP contribution in [-0.4, -0.2) is 31.7 Å². The number of nitrogens with two attached hydrogens (primary N) is 1. The molecule has 0 aromatic carbocycles. The lowest BCUT2D eigenvalue weighted by atomic mass is 9.83. The summed E-state index contributed by atoms with van der Waals surface area (Å²) in [6.45, 7) is 4.16. The first-order chi connectivity index (χ1) is 8.74. The molecule has 1 aliphatic rings. The molecule has 0 aromatic heterocycles. The molecule has 0 aromatic rings. The Hall–Kier alpha value is -0.610. The molecule has 1 amide bonds. The summed E-state index contributed by atoms with van der Waals surface area (Å²) in [6.07, 6.45) is 7.41. The average Bonchev–Trinajstić information content (AvgIpc) is 2.36. The largest absolute Gasteiger partial charge is 0.380 e. The average molecular weight is 256 g/mol. The Balaban J connectivity index is 2.02. The minimum atomic E-state index is 0.122. The molecule has 1 saturated carbocycles. The van der Waals surface area contributed by atoms with Crippen LogP contribution in [0.1, 0.15) is 51.9 Å². The number of hydrogen-bond acceptors (Lipinski definition) is 3. The molecule has 1 aliphatic carbocycles. The van der Waals surface area contributed by atoms with Crippen molar-refractivity contribution in [3.63, 3.8) is 0 Å². The van der Waals surface area contributed by atoms with Gasteiger partial charge in [-0.15, -0.1) is 0 Å². The van der Waals surface area contributed by atoms with Gasteiger partial charge in [0, 0.05) is 25.6 Å². The predicted octanol–water partition coefficient (Wildman–Crippen LogP) is 1.83. The van der Waals surface area contributed by atoms with E-state index in [1.54, 1.807) is 0 Å². The third-order valence-corrected chi connectivity index (χ3v) is 3.63. The zero-order chi connectivity index (χ0) is 13.2. The van der Waals surface area contributed by atoms with E-state index in [-0.39, 0.29) is 11.9 Å². The van der Waals surface area contributed by atoms with Gasteiger partial charge >= 0.3 is 0 Å². The first-order valence-corrected chi connectivity index (χ1v) is 7.34. The molecule has 0 bridgehead atoms. The Morgan fingerprint density at radius 3 is 2.83 bits per heavy atom. The van der Waals surface area contributed by atoms with Crippen molar-refractivity contribution in [3.8, 4) is 0 Å². The predicted molar refractivity (Wildman–Crippen MR) is 73.3 cm³/mol. The summed E-state index contributed by atoms with van der Waals surface area (Å²) in [7, 11) is 0. The van der Waals surface area contributed by atoms with E-state index in [9.17, 15) is 4.79 Å². The van der Waals surface area contributed by atoms with Crippen LogP contribution in [0.4, 0.5) is 0 Å². The Morgan fingerprint density at radius 2 is 2.11 bits per heavy atom. The number of amides is 1. The van der Waals surface area contributed by atoms with Crippen molar-refractivity contribution in [1.82, 2.24) is 5.32 Å². The van der Waals surface area contributed by atoms with Gasteiger partial charge in [0.15, 0.2) is 0 Å². The van der Waals surface area contributed by atoms with Gasteiger partial charge in [-0.2, -0.15) is 0 Å². The topological polar surface area (TPSA) is 64.3 Å². The molecule has 0 aliphatic heterocycles. The van der Waals surface area contributed by atoms with E-state index in [1.807, 2.05) is 0 Å². The minimum absolute atomic E-state index is 0.122. The van der Waals surface area contributed by atoms with E-state index in [0.717, 1.165) is 32.3 Å². The summed E-state index contributed by atoms with van der Waals surface area (Å²) in [6, 6.07) is 0.213. The second kappa shape index (κ2) is 9.34. The molecule has 0 heterocycles. The number of unbranched alkanes of at least 4 members (excludes halogenated alkanes) is 1. The number of hydrogen-bond donors (Lipinski definition) is 2. The van der Waals surface area contributed by atoms with Crippen molar-refractivity contribution in [2.45, 2.75) is 57.9 Å². The fraction of sp³-hybridized carbons (Fsp3) is 0.929. The number of ether oxygens (including phenoxy) is 1. The molecule has 1 fully saturated rings. The van der Waals surface area contributed by atoms with Gasteiger partial charge < -0.3 is 15.8 Å². The third-order valence-electron chi connectivity index (χ3n) is 3.63. The number of carbonyl (C=O) groups excluding carboxylic acids is 1. The van der Waals surface area contributed by atoms with E-state index in [0.29, 0.717) is 25.5 Å². The molecule has 1 rings (SSSR count). The van der Waals surface area contributed by atoms with Crippen molar-refractivity contribution >= 4 is 5.91 Å². The van der Waals surface area contributed by atoms with E-state index < -0.39 is 0 Å². The molecular weight excluding hydrogens is 228 g/mol. The Kier molecular flexibility index (Phi) is 8.01. The highest BCUT2D eigenvalue weighted by atomic mass is 16.5. The van der Waals surface area contributed by atoms with Gasteiger partial charge in [-0.3, -0.25) is 4.79 Å². The monoisotopic (exact) mass is 256 g/mol. The summed E-state index contributed by atoms with van der Waals surface area (Å²) in [4.78, 5) is 11.7. The highest BCUT2D eigenvalue weighted by Crippen LogP contribution is 2.25. The molecule has 4 heteroatoms. The van der Waals surface area contributed by atoms with Gasteiger partial charge in [0.2, 0.25) is 5.91 Å². The van der Waals surface area contributed by atoms with Crippen molar-refractivity contribution in [2.24, 2.45) is 11.7 Å². The lowest BCUT2D eigenvalue weighted by molar-refractivity contribution is -0.122. The van der Waals surface area contributed by atoms with Crippen LogP contribution in [0.5, 0.6) is 0 Å². The summed E-state index contributed by atoms with van der Waals surface area (Å²) >= 11 is 0. The molecule has 18 heavy (non-hydrogen) atoms. The van der Waals surface area contributed by atoms with Gasteiger partial charge in [-0.1, -0.05) is 26.2 Å². The normalized spacial score (nSPS) is 23.9. The molecule has 106 valence electrons. The Labute approximate surface area is 111 Å². The van der Waals surface area contributed by atoms with Crippen LogP contribution in [-0.2, 0) is 9.53 Å². The van der Waals surface area contributed by atoms with Crippen molar-refractivity contribution in [1.29, 1.82) is 0 Å². The molecule has 0 saturated heterocycles. The summed E-state index contributed by atoms with van der Waals surface area (Å²) in [5, 5.41) is 2.91. The van der Waals surface area contributed by atoms with Crippen molar-refractivity contribution < 1.29 is 9.53 Å². The zero-order valence-electron chi connectivity index (χ0n) is 11.6. The van der Waals surface area contributed by atoms with Gasteiger partial charge in [-0.25, -0.2) is 0 Å². The first-order valence-electron chi connectivity index (χ1n) is 7.34. The Bertz CT molecular complexity index is 234. The SMILES string of the molecule is CCCCOCCNC(=O)CC1CCCCC1N. The van der Waals surface area contributed by atoms with Crippen LogP contribution in [0.3, 0.4) is 0 Å². The van der Waals surface area contributed by atoms with Crippen LogP contribution in [0.15, 0.2) is 0 Å². The lowest BCUT2D eigenvalue weighted by Gasteiger charge is -2.27. The molecule has 0 radical (unpaired) electrons. The van der Waals surface area contributed by atoms with Gasteiger partial charge in [0.05, 0.1) is 6.61 Å². The molecular formula is C14H28N2O2. The highest BCUT2D eigenvalue weighted by Gasteiger charge is 2.23. The second-order valence-electron chi connectivity index (χ2n) is 5.23. The molecule has 4 nitrogen and oxygen atoms in total. The first kappa shape index (κ1) is 15.4. The Morgan fingerprint density at radius 1 is 1.33 bits per heavy atom. The number of rotatable bonds is 8. The van der Waals surface area contributed by atoms with Crippen molar-refractivity contribution in [3.05, 3.63) is 0 Å². The van der Waals surface area contributed by atoms with Crippen LogP contribution in [0.25, 0.3) is 0 Å². The second-order valence-corrected chi connectivity index (χ2v) is 5.23. The van der Waals surface area contributed by atoms with Crippen LogP contribution >= 0.6 is 0 Å². The zero-order valence-corrected chi connectivity index (χ0v) is 11.6. The molecule has 0 spiro atoms. The fourth-order valence-corrected chi connectivity index (χ4v) is 2.41. The standard InChI is InChI=1S/C14H28N2O2/c1-2-3-9-18-10-8-16-14(17)11-12-6-4-5-7-13(12)15/h12-13H,2-11,15H2,1H3,(H,16,17). The smallest absolute Gasteiger partial charge is 0.220 e. The maximum absolute atomic E-state index is 11.7.